The van der Waals surface area contributed by atoms with Crippen molar-refractivity contribution in [1.29, 1.82) is 0 Å². The Morgan fingerprint density at radius 3 is 3.06 bits per heavy atom. The molecule has 2 rings (SSSR count). The Bertz CT molecular complexity index is 453. The number of amides is 1. The van der Waals surface area contributed by atoms with E-state index in [1.807, 2.05) is 6.92 Å². The third-order valence-corrected chi connectivity index (χ3v) is 3.77. The van der Waals surface area contributed by atoms with Crippen molar-refractivity contribution in [3.05, 3.63) is 34.1 Å². The topological polar surface area (TPSA) is 29.5 Å². The standard InChI is InChI=1S/C13H15BrFNO2/c1-2-10-8-18-6-5-16(10)13(17)9-3-4-11(14)12(15)7-9/h3-4,7,10H,2,5-6,8H2,1H3. The van der Waals surface area contributed by atoms with E-state index in [2.05, 4.69) is 15.9 Å². The molecule has 1 aromatic carbocycles. The average molecular weight is 316 g/mol. The van der Waals surface area contributed by atoms with Gasteiger partial charge in [-0.25, -0.2) is 4.39 Å². The monoisotopic (exact) mass is 315 g/mol. The van der Waals surface area contributed by atoms with Gasteiger partial charge in [0, 0.05) is 12.1 Å². The van der Waals surface area contributed by atoms with Crippen LogP contribution < -0.4 is 0 Å². The van der Waals surface area contributed by atoms with E-state index in [-0.39, 0.29) is 11.9 Å². The van der Waals surface area contributed by atoms with Gasteiger partial charge >= 0.3 is 0 Å². The number of carbonyl (C=O) groups is 1. The first-order chi connectivity index (χ1) is 8.63. The lowest BCUT2D eigenvalue weighted by atomic mass is 10.1. The number of nitrogens with zero attached hydrogens (tertiary/aromatic N) is 1. The summed E-state index contributed by atoms with van der Waals surface area (Å²) in [7, 11) is 0. The molecule has 1 unspecified atom stereocenters. The van der Waals surface area contributed by atoms with Crippen molar-refractivity contribution < 1.29 is 13.9 Å². The molecule has 0 aliphatic carbocycles. The Morgan fingerprint density at radius 2 is 2.39 bits per heavy atom. The summed E-state index contributed by atoms with van der Waals surface area (Å²) in [6.07, 6.45) is 0.838. The van der Waals surface area contributed by atoms with Crippen LogP contribution in [0.3, 0.4) is 0 Å². The zero-order valence-corrected chi connectivity index (χ0v) is 11.7. The Labute approximate surface area is 114 Å². The molecule has 98 valence electrons. The summed E-state index contributed by atoms with van der Waals surface area (Å²) >= 11 is 3.08. The normalized spacial score (nSPS) is 19.9. The fourth-order valence-electron chi connectivity index (χ4n) is 2.06. The molecule has 0 saturated carbocycles. The maximum Gasteiger partial charge on any atom is 0.254 e. The van der Waals surface area contributed by atoms with Gasteiger partial charge in [0.2, 0.25) is 0 Å². The molecule has 0 radical (unpaired) electrons. The smallest absolute Gasteiger partial charge is 0.254 e. The second-order valence-corrected chi connectivity index (χ2v) is 5.12. The van der Waals surface area contributed by atoms with Crippen LogP contribution >= 0.6 is 15.9 Å². The van der Waals surface area contributed by atoms with E-state index >= 15 is 0 Å². The summed E-state index contributed by atoms with van der Waals surface area (Å²) in [5.74, 6) is -0.543. The van der Waals surface area contributed by atoms with Crippen LogP contribution in [0.1, 0.15) is 23.7 Å². The summed E-state index contributed by atoms with van der Waals surface area (Å²) in [5, 5.41) is 0. The molecule has 0 spiro atoms. The Kier molecular flexibility index (Phi) is 4.35. The molecule has 0 aromatic heterocycles. The maximum absolute atomic E-state index is 13.4. The predicted molar refractivity (Wildman–Crippen MR) is 70.0 cm³/mol. The van der Waals surface area contributed by atoms with Gasteiger partial charge in [0.05, 0.1) is 23.7 Å². The van der Waals surface area contributed by atoms with Gasteiger partial charge in [-0.3, -0.25) is 4.79 Å². The van der Waals surface area contributed by atoms with Gasteiger partial charge in [-0.15, -0.1) is 0 Å². The SMILES string of the molecule is CCC1COCCN1C(=O)c1ccc(Br)c(F)c1. The van der Waals surface area contributed by atoms with Gasteiger partial charge in [-0.05, 0) is 40.5 Å². The van der Waals surface area contributed by atoms with Crippen molar-refractivity contribution in [2.45, 2.75) is 19.4 Å². The molecule has 1 amide bonds. The van der Waals surface area contributed by atoms with Crippen LogP contribution in [-0.4, -0.2) is 36.6 Å². The Morgan fingerprint density at radius 1 is 1.61 bits per heavy atom. The molecule has 1 heterocycles. The molecule has 1 fully saturated rings. The highest BCUT2D eigenvalue weighted by atomic mass is 79.9. The van der Waals surface area contributed by atoms with E-state index in [1.165, 1.54) is 6.07 Å². The quantitative estimate of drug-likeness (QED) is 0.840. The van der Waals surface area contributed by atoms with E-state index in [0.717, 1.165) is 6.42 Å². The lowest BCUT2D eigenvalue weighted by molar-refractivity contribution is -0.00281. The van der Waals surface area contributed by atoms with Crippen molar-refractivity contribution in [2.24, 2.45) is 0 Å². The number of ether oxygens (including phenoxy) is 1. The molecular formula is C13H15BrFNO2. The molecular weight excluding hydrogens is 301 g/mol. The van der Waals surface area contributed by atoms with Crippen LogP contribution in [0.4, 0.5) is 4.39 Å². The second-order valence-electron chi connectivity index (χ2n) is 4.26. The number of carbonyl (C=O) groups excluding carboxylic acids is 1. The summed E-state index contributed by atoms with van der Waals surface area (Å²) < 4.78 is 19.2. The van der Waals surface area contributed by atoms with Crippen molar-refractivity contribution in [3.8, 4) is 0 Å². The van der Waals surface area contributed by atoms with Crippen LogP contribution in [0.25, 0.3) is 0 Å². The third kappa shape index (κ3) is 2.72. The zero-order chi connectivity index (χ0) is 13.1. The fraction of sp³-hybridized carbons (Fsp3) is 0.462. The van der Waals surface area contributed by atoms with E-state index in [4.69, 9.17) is 4.74 Å². The molecule has 1 aromatic rings. The van der Waals surface area contributed by atoms with Gasteiger partial charge in [0.25, 0.3) is 5.91 Å². The predicted octanol–water partition coefficient (Wildman–Crippen LogP) is 2.84. The summed E-state index contributed by atoms with van der Waals surface area (Å²) in [6, 6.07) is 4.55. The number of hydrogen-bond donors (Lipinski definition) is 0. The van der Waals surface area contributed by atoms with Gasteiger partial charge in [-0.1, -0.05) is 6.92 Å². The van der Waals surface area contributed by atoms with Crippen LogP contribution in [-0.2, 0) is 4.74 Å². The van der Waals surface area contributed by atoms with E-state index in [1.54, 1.807) is 17.0 Å². The molecule has 3 nitrogen and oxygen atoms in total. The first kappa shape index (κ1) is 13.5. The lowest BCUT2D eigenvalue weighted by Gasteiger charge is -2.35. The number of halogens is 2. The second kappa shape index (κ2) is 5.80. The lowest BCUT2D eigenvalue weighted by Crippen LogP contribution is -2.48. The highest BCUT2D eigenvalue weighted by Gasteiger charge is 2.27. The van der Waals surface area contributed by atoms with Crippen LogP contribution in [0, 0.1) is 5.82 Å². The first-order valence-electron chi connectivity index (χ1n) is 5.97. The molecule has 18 heavy (non-hydrogen) atoms. The van der Waals surface area contributed by atoms with Gasteiger partial charge in [0.1, 0.15) is 5.82 Å². The molecule has 1 aliphatic rings. The highest BCUT2D eigenvalue weighted by Crippen LogP contribution is 2.19. The minimum Gasteiger partial charge on any atom is -0.377 e. The van der Waals surface area contributed by atoms with Gasteiger partial charge in [-0.2, -0.15) is 0 Å². The van der Waals surface area contributed by atoms with E-state index < -0.39 is 5.82 Å². The zero-order valence-electron chi connectivity index (χ0n) is 10.2. The molecule has 1 saturated heterocycles. The first-order valence-corrected chi connectivity index (χ1v) is 6.76. The van der Waals surface area contributed by atoms with Crippen molar-refractivity contribution in [3.63, 3.8) is 0 Å². The highest BCUT2D eigenvalue weighted by molar-refractivity contribution is 9.10. The number of hydrogen-bond acceptors (Lipinski definition) is 2. The molecule has 0 bridgehead atoms. The van der Waals surface area contributed by atoms with Crippen LogP contribution in [0.15, 0.2) is 22.7 Å². The Hall–Kier alpha value is -0.940. The van der Waals surface area contributed by atoms with Gasteiger partial charge in [0.15, 0.2) is 0 Å². The average Bonchev–Trinajstić information content (AvgIpc) is 2.41. The minimum atomic E-state index is -0.415. The third-order valence-electron chi connectivity index (χ3n) is 3.13. The van der Waals surface area contributed by atoms with E-state index in [9.17, 15) is 9.18 Å². The summed E-state index contributed by atoms with van der Waals surface area (Å²) in [5.41, 5.74) is 0.385. The molecule has 0 N–H and O–H groups in total. The van der Waals surface area contributed by atoms with Gasteiger partial charge < -0.3 is 9.64 Å². The van der Waals surface area contributed by atoms with E-state index in [0.29, 0.717) is 29.8 Å². The number of morpholine rings is 1. The summed E-state index contributed by atoms with van der Waals surface area (Å²) in [4.78, 5) is 14.1. The molecule has 1 atom stereocenters. The van der Waals surface area contributed by atoms with Crippen LogP contribution in [0.5, 0.6) is 0 Å². The van der Waals surface area contributed by atoms with Crippen LogP contribution in [0.2, 0.25) is 0 Å². The van der Waals surface area contributed by atoms with Crippen molar-refractivity contribution in [2.75, 3.05) is 19.8 Å². The summed E-state index contributed by atoms with van der Waals surface area (Å²) in [6.45, 7) is 3.68. The largest absolute Gasteiger partial charge is 0.377 e. The Balaban J connectivity index is 2.21. The fourth-order valence-corrected chi connectivity index (χ4v) is 2.30. The van der Waals surface area contributed by atoms with Crippen molar-refractivity contribution in [1.82, 2.24) is 4.90 Å². The molecule has 1 aliphatic heterocycles. The number of benzene rings is 1. The number of rotatable bonds is 2. The minimum absolute atomic E-state index is 0.0814. The maximum atomic E-state index is 13.4. The van der Waals surface area contributed by atoms with Crippen molar-refractivity contribution >= 4 is 21.8 Å². The molecule has 5 heteroatoms.